The summed E-state index contributed by atoms with van der Waals surface area (Å²) in [5, 5.41) is 0. The molecule has 0 radical (unpaired) electrons. The molecule has 2 aromatic rings. The Hall–Kier alpha value is -2.07. The van der Waals surface area contributed by atoms with Crippen molar-refractivity contribution in [3.8, 4) is 11.6 Å². The first-order chi connectivity index (χ1) is 10.2. The fourth-order valence-corrected chi connectivity index (χ4v) is 2.03. The molecule has 0 aliphatic rings. The van der Waals surface area contributed by atoms with Gasteiger partial charge in [-0.1, -0.05) is 12.1 Å². The molecule has 0 spiro atoms. The number of aryl methyl sites for hydroxylation is 1. The maximum Gasteiger partial charge on any atom is 0.219 e. The highest BCUT2D eigenvalue weighted by Crippen LogP contribution is 2.19. The second kappa shape index (κ2) is 7.64. The van der Waals surface area contributed by atoms with Gasteiger partial charge in [-0.3, -0.25) is 0 Å². The number of methoxy groups -OCH3 is 1. The van der Waals surface area contributed by atoms with E-state index in [2.05, 4.69) is 17.1 Å². The molecular weight excluding hydrogens is 264 g/mol. The highest BCUT2D eigenvalue weighted by atomic mass is 16.5. The van der Waals surface area contributed by atoms with Gasteiger partial charge in [0.15, 0.2) is 0 Å². The van der Waals surface area contributed by atoms with Gasteiger partial charge >= 0.3 is 0 Å². The van der Waals surface area contributed by atoms with E-state index in [9.17, 15) is 0 Å². The van der Waals surface area contributed by atoms with Crippen molar-refractivity contribution in [1.82, 2.24) is 4.98 Å². The predicted octanol–water partition coefficient (Wildman–Crippen LogP) is 2.95. The minimum atomic E-state index is 0.235. The Kier molecular flexibility index (Phi) is 5.58. The third-order valence-corrected chi connectivity index (χ3v) is 3.25. The maximum absolute atomic E-state index is 5.77. The van der Waals surface area contributed by atoms with Gasteiger partial charge in [-0.25, -0.2) is 4.98 Å². The lowest BCUT2D eigenvalue weighted by Gasteiger charge is -2.10. The molecule has 4 nitrogen and oxygen atoms in total. The lowest BCUT2D eigenvalue weighted by molar-refractivity contribution is 0.294. The molecule has 1 heterocycles. The zero-order valence-electron chi connectivity index (χ0n) is 12.6. The molecule has 0 saturated carbocycles. The van der Waals surface area contributed by atoms with Crippen molar-refractivity contribution < 1.29 is 9.47 Å². The van der Waals surface area contributed by atoms with Gasteiger partial charge in [0.1, 0.15) is 12.4 Å². The molecule has 0 saturated heterocycles. The van der Waals surface area contributed by atoms with Gasteiger partial charge < -0.3 is 15.2 Å². The van der Waals surface area contributed by atoms with Crippen molar-refractivity contribution in [3.05, 3.63) is 53.7 Å². The summed E-state index contributed by atoms with van der Waals surface area (Å²) in [6, 6.07) is 12.2. The van der Waals surface area contributed by atoms with E-state index in [1.165, 1.54) is 5.56 Å². The first-order valence-electron chi connectivity index (χ1n) is 7.14. The van der Waals surface area contributed by atoms with E-state index in [0.29, 0.717) is 12.5 Å². The molecule has 1 atom stereocenters. The number of nitrogens with two attached hydrogens (primary N) is 1. The van der Waals surface area contributed by atoms with Crippen molar-refractivity contribution in [2.45, 2.75) is 32.4 Å². The SMILES string of the molecule is COc1ncccc1COc1ccc(CCC(C)N)cc1. The average molecular weight is 286 g/mol. The molecule has 1 aromatic heterocycles. The number of nitrogens with zero attached hydrogens (tertiary/aromatic N) is 1. The Morgan fingerprint density at radius 1 is 1.19 bits per heavy atom. The minimum absolute atomic E-state index is 0.235. The molecule has 0 bridgehead atoms. The summed E-state index contributed by atoms with van der Waals surface area (Å²) in [4.78, 5) is 4.15. The highest BCUT2D eigenvalue weighted by Gasteiger charge is 2.04. The van der Waals surface area contributed by atoms with E-state index in [1.54, 1.807) is 13.3 Å². The average Bonchev–Trinajstić information content (AvgIpc) is 2.52. The zero-order valence-corrected chi connectivity index (χ0v) is 12.6. The number of pyridine rings is 1. The lowest BCUT2D eigenvalue weighted by atomic mass is 10.1. The van der Waals surface area contributed by atoms with Crippen molar-refractivity contribution >= 4 is 0 Å². The Balaban J connectivity index is 1.91. The molecule has 0 amide bonds. The van der Waals surface area contributed by atoms with Crippen LogP contribution < -0.4 is 15.2 Å². The molecule has 2 rings (SSSR count). The second-order valence-electron chi connectivity index (χ2n) is 5.12. The molecule has 2 N–H and O–H groups in total. The zero-order chi connectivity index (χ0) is 15.1. The van der Waals surface area contributed by atoms with Crippen molar-refractivity contribution in [2.75, 3.05) is 7.11 Å². The molecular formula is C17H22N2O2. The van der Waals surface area contributed by atoms with Crippen LogP contribution in [-0.2, 0) is 13.0 Å². The number of ether oxygens (including phenoxy) is 2. The maximum atomic E-state index is 5.77. The third-order valence-electron chi connectivity index (χ3n) is 3.25. The van der Waals surface area contributed by atoms with Gasteiger partial charge in [-0.15, -0.1) is 0 Å². The van der Waals surface area contributed by atoms with Crippen LogP contribution in [0.15, 0.2) is 42.6 Å². The summed E-state index contributed by atoms with van der Waals surface area (Å²) in [5.41, 5.74) is 7.98. The summed E-state index contributed by atoms with van der Waals surface area (Å²) in [6.07, 6.45) is 3.69. The smallest absolute Gasteiger partial charge is 0.219 e. The quantitative estimate of drug-likeness (QED) is 0.850. The second-order valence-corrected chi connectivity index (χ2v) is 5.12. The molecule has 21 heavy (non-hydrogen) atoms. The van der Waals surface area contributed by atoms with E-state index < -0.39 is 0 Å². The lowest BCUT2D eigenvalue weighted by Crippen LogP contribution is -2.15. The summed E-state index contributed by atoms with van der Waals surface area (Å²) in [6.45, 7) is 2.47. The van der Waals surface area contributed by atoms with Crippen LogP contribution in [0.4, 0.5) is 0 Å². The van der Waals surface area contributed by atoms with Crippen LogP contribution in [0.2, 0.25) is 0 Å². The molecule has 0 fully saturated rings. The molecule has 1 aromatic carbocycles. The Morgan fingerprint density at radius 3 is 2.62 bits per heavy atom. The number of hydrogen-bond donors (Lipinski definition) is 1. The summed E-state index contributed by atoms with van der Waals surface area (Å²) >= 11 is 0. The summed E-state index contributed by atoms with van der Waals surface area (Å²) < 4.78 is 11.0. The largest absolute Gasteiger partial charge is 0.489 e. The molecule has 0 aliphatic heterocycles. The van der Waals surface area contributed by atoms with Crippen LogP contribution in [0.1, 0.15) is 24.5 Å². The van der Waals surface area contributed by atoms with Crippen molar-refractivity contribution in [2.24, 2.45) is 5.73 Å². The molecule has 4 heteroatoms. The standard InChI is InChI=1S/C17H22N2O2/c1-13(18)5-6-14-7-9-16(10-8-14)21-12-15-4-3-11-19-17(15)20-2/h3-4,7-11,13H,5-6,12,18H2,1-2H3. The van der Waals surface area contributed by atoms with Gasteiger partial charge in [0, 0.05) is 12.2 Å². The third kappa shape index (κ3) is 4.76. The fraction of sp³-hybridized carbons (Fsp3) is 0.353. The van der Waals surface area contributed by atoms with Crippen molar-refractivity contribution in [1.29, 1.82) is 0 Å². The van der Waals surface area contributed by atoms with E-state index in [4.69, 9.17) is 15.2 Å². The number of hydrogen-bond acceptors (Lipinski definition) is 4. The van der Waals surface area contributed by atoms with Gasteiger partial charge in [-0.2, -0.15) is 0 Å². The summed E-state index contributed by atoms with van der Waals surface area (Å²) in [7, 11) is 1.61. The number of aromatic nitrogens is 1. The van der Waals surface area contributed by atoms with Gasteiger partial charge in [0.05, 0.1) is 12.7 Å². The van der Waals surface area contributed by atoms with Crippen LogP contribution >= 0.6 is 0 Å². The van der Waals surface area contributed by atoms with Crippen molar-refractivity contribution in [3.63, 3.8) is 0 Å². The van der Waals surface area contributed by atoms with Crippen LogP contribution in [-0.4, -0.2) is 18.1 Å². The van der Waals surface area contributed by atoms with Crippen LogP contribution in [0.3, 0.4) is 0 Å². The van der Waals surface area contributed by atoms with E-state index >= 15 is 0 Å². The fourth-order valence-electron chi connectivity index (χ4n) is 2.03. The Labute approximate surface area is 125 Å². The Bertz CT molecular complexity index is 553. The Morgan fingerprint density at radius 2 is 1.95 bits per heavy atom. The predicted molar refractivity (Wildman–Crippen MR) is 83.5 cm³/mol. The minimum Gasteiger partial charge on any atom is -0.489 e. The monoisotopic (exact) mass is 286 g/mol. The number of rotatable bonds is 7. The molecule has 1 unspecified atom stereocenters. The first kappa shape index (κ1) is 15.3. The van der Waals surface area contributed by atoms with E-state index in [0.717, 1.165) is 24.2 Å². The topological polar surface area (TPSA) is 57.4 Å². The molecule has 112 valence electrons. The van der Waals surface area contributed by atoms with Gasteiger partial charge in [-0.05, 0) is 49.6 Å². The normalized spacial score (nSPS) is 12.0. The highest BCUT2D eigenvalue weighted by molar-refractivity contribution is 5.29. The summed E-state index contributed by atoms with van der Waals surface area (Å²) in [5.74, 6) is 1.44. The number of benzene rings is 1. The first-order valence-corrected chi connectivity index (χ1v) is 7.14. The molecule has 0 aliphatic carbocycles. The van der Waals surface area contributed by atoms with Crippen LogP contribution in [0, 0.1) is 0 Å². The van der Waals surface area contributed by atoms with E-state index in [1.807, 2.05) is 31.2 Å². The van der Waals surface area contributed by atoms with Gasteiger partial charge in [0.2, 0.25) is 5.88 Å². The van der Waals surface area contributed by atoms with Crippen LogP contribution in [0.25, 0.3) is 0 Å². The van der Waals surface area contributed by atoms with Gasteiger partial charge in [0.25, 0.3) is 0 Å². The van der Waals surface area contributed by atoms with Crippen LogP contribution in [0.5, 0.6) is 11.6 Å². The van der Waals surface area contributed by atoms with E-state index in [-0.39, 0.29) is 6.04 Å².